The first-order chi connectivity index (χ1) is 19.8. The molecule has 0 aromatic heterocycles. The van der Waals surface area contributed by atoms with E-state index in [1.807, 2.05) is 0 Å². The van der Waals surface area contributed by atoms with Gasteiger partial charge in [0.15, 0.2) is 0 Å². The Morgan fingerprint density at radius 3 is 1.19 bits per heavy atom. The summed E-state index contributed by atoms with van der Waals surface area (Å²) in [4.78, 5) is 50.7. The summed E-state index contributed by atoms with van der Waals surface area (Å²) in [5.74, 6) is -6.04. The Hall–Kier alpha value is -3.38. The van der Waals surface area contributed by atoms with E-state index in [4.69, 9.17) is 28.4 Å². The molecule has 1 rings (SSSR count). The van der Waals surface area contributed by atoms with Gasteiger partial charge in [0.1, 0.15) is 23.3 Å². The van der Waals surface area contributed by atoms with Crippen molar-refractivity contribution in [3.8, 4) is 11.5 Å². The van der Waals surface area contributed by atoms with Crippen LogP contribution in [0.1, 0.15) is 91.2 Å². The van der Waals surface area contributed by atoms with E-state index in [9.17, 15) is 29.4 Å². The van der Waals surface area contributed by atoms with Crippen molar-refractivity contribution in [2.75, 3.05) is 26.4 Å². The zero-order valence-corrected chi connectivity index (χ0v) is 25.8. The molecule has 2 N–H and O–H groups in total. The molecule has 0 saturated heterocycles. The molecule has 1 aromatic rings. The molecule has 0 spiro atoms. The van der Waals surface area contributed by atoms with Crippen molar-refractivity contribution in [2.24, 2.45) is 0 Å². The van der Waals surface area contributed by atoms with Crippen LogP contribution >= 0.6 is 0 Å². The molecule has 12 nitrogen and oxygen atoms in total. The van der Waals surface area contributed by atoms with Crippen LogP contribution in [0.4, 0.5) is 0 Å². The molecule has 42 heavy (non-hydrogen) atoms. The highest BCUT2D eigenvalue weighted by molar-refractivity contribution is 5.85. The normalized spacial score (nSPS) is 15.4. The lowest BCUT2D eigenvalue weighted by molar-refractivity contribution is -0.155. The van der Waals surface area contributed by atoms with Gasteiger partial charge in [-0.1, -0.05) is 0 Å². The van der Waals surface area contributed by atoms with Gasteiger partial charge in [0, 0.05) is 11.1 Å². The molecule has 0 aliphatic carbocycles. The third-order valence-corrected chi connectivity index (χ3v) is 6.30. The van der Waals surface area contributed by atoms with Crippen molar-refractivity contribution in [3.63, 3.8) is 0 Å². The van der Waals surface area contributed by atoms with Crippen molar-refractivity contribution in [1.29, 1.82) is 0 Å². The first-order valence-corrected chi connectivity index (χ1v) is 14.3. The molecule has 6 unspecified atom stereocenters. The lowest BCUT2D eigenvalue weighted by atomic mass is 9.81. The molecule has 0 bridgehead atoms. The monoisotopic (exact) mass is 598 g/mol. The van der Waals surface area contributed by atoms with Crippen LogP contribution < -0.4 is 0 Å². The highest BCUT2D eigenvalue weighted by Crippen LogP contribution is 2.44. The van der Waals surface area contributed by atoms with Gasteiger partial charge in [-0.05, 0) is 67.5 Å². The lowest BCUT2D eigenvalue weighted by Gasteiger charge is -2.32. The molecular formula is C30H46O12. The predicted molar refractivity (Wildman–Crippen MR) is 151 cm³/mol. The molecule has 12 heteroatoms. The van der Waals surface area contributed by atoms with E-state index in [1.54, 1.807) is 55.4 Å². The zero-order chi connectivity index (χ0) is 32.0. The molecule has 0 amide bonds. The molecule has 0 saturated carbocycles. The van der Waals surface area contributed by atoms with E-state index in [1.165, 1.54) is 12.1 Å². The Labute approximate surface area is 247 Å². The number of benzene rings is 1. The third kappa shape index (κ3) is 10.8. The Morgan fingerprint density at radius 1 is 0.595 bits per heavy atom. The Bertz CT molecular complexity index is 958. The number of ether oxygens (including phenoxy) is 6. The van der Waals surface area contributed by atoms with Crippen LogP contribution in [-0.4, -0.2) is 84.9 Å². The van der Waals surface area contributed by atoms with Crippen LogP contribution in [0, 0.1) is 0 Å². The summed E-state index contributed by atoms with van der Waals surface area (Å²) >= 11 is 0. The summed E-state index contributed by atoms with van der Waals surface area (Å²) in [6.45, 7) is 13.3. The van der Waals surface area contributed by atoms with Crippen LogP contribution in [0.15, 0.2) is 12.1 Å². The van der Waals surface area contributed by atoms with Gasteiger partial charge in [-0.3, -0.25) is 19.2 Å². The number of phenols is 2. The fourth-order valence-electron chi connectivity index (χ4n) is 4.72. The van der Waals surface area contributed by atoms with E-state index >= 15 is 0 Å². The highest BCUT2D eigenvalue weighted by atomic mass is 16.6. The quantitative estimate of drug-likeness (QED) is 0.143. The SMILES string of the molecule is CCOC(=O)CC(C)OC(C)C(C(=O)OCC)c1c(O)ccc(O)c1C(C(=O)OCC)C(C)OC(C)CC(=O)OCC. The number of carbonyl (C=O) groups excluding carboxylic acids is 4. The number of hydrogen-bond acceptors (Lipinski definition) is 12. The summed E-state index contributed by atoms with van der Waals surface area (Å²) < 4.78 is 32.5. The minimum Gasteiger partial charge on any atom is -0.508 e. The topological polar surface area (TPSA) is 164 Å². The first-order valence-electron chi connectivity index (χ1n) is 14.3. The standard InChI is InChI=1S/C30H46O12/c1-9-37-23(33)15-17(5)41-19(7)25(29(35)39-11-3)27-21(31)13-14-22(32)28(27)26(30(36)40-12-4)20(8)42-18(6)16-24(34)38-10-2/h13-14,17-20,25-26,31-32H,9-12,15-16H2,1-8H3. The molecule has 0 aliphatic heterocycles. The second-order valence-electron chi connectivity index (χ2n) is 9.71. The van der Waals surface area contributed by atoms with Gasteiger partial charge in [-0.15, -0.1) is 0 Å². The number of hydrogen-bond donors (Lipinski definition) is 2. The van der Waals surface area contributed by atoms with Gasteiger partial charge in [0.05, 0.1) is 63.7 Å². The van der Waals surface area contributed by atoms with E-state index in [2.05, 4.69) is 0 Å². The van der Waals surface area contributed by atoms with Gasteiger partial charge < -0.3 is 38.6 Å². The first kappa shape index (κ1) is 36.6. The Morgan fingerprint density at radius 2 is 0.905 bits per heavy atom. The molecule has 0 radical (unpaired) electrons. The maximum Gasteiger partial charge on any atom is 0.316 e. The van der Waals surface area contributed by atoms with Gasteiger partial charge >= 0.3 is 23.9 Å². The number of rotatable bonds is 18. The van der Waals surface area contributed by atoms with Crippen molar-refractivity contribution in [2.45, 2.75) is 104 Å². The van der Waals surface area contributed by atoms with Crippen LogP contribution in [0.25, 0.3) is 0 Å². The summed E-state index contributed by atoms with van der Waals surface area (Å²) in [6, 6.07) is 2.37. The molecule has 0 heterocycles. The zero-order valence-electron chi connectivity index (χ0n) is 25.8. The van der Waals surface area contributed by atoms with Crippen molar-refractivity contribution < 1.29 is 57.8 Å². The van der Waals surface area contributed by atoms with E-state index in [0.29, 0.717) is 0 Å². The van der Waals surface area contributed by atoms with Gasteiger partial charge in [-0.2, -0.15) is 0 Å². The minimum atomic E-state index is -1.34. The molecule has 0 fully saturated rings. The second kappa shape index (κ2) is 18.2. The van der Waals surface area contributed by atoms with E-state index in [0.717, 1.165) is 0 Å². The molecular weight excluding hydrogens is 552 g/mol. The van der Waals surface area contributed by atoms with Crippen LogP contribution in [0.3, 0.4) is 0 Å². The molecule has 1 aromatic carbocycles. The second-order valence-corrected chi connectivity index (χ2v) is 9.71. The Kier molecular flexibility index (Phi) is 15.9. The summed E-state index contributed by atoms with van der Waals surface area (Å²) in [5.41, 5.74) is -0.230. The molecule has 0 aliphatic rings. The third-order valence-electron chi connectivity index (χ3n) is 6.30. The fourth-order valence-corrected chi connectivity index (χ4v) is 4.72. The lowest BCUT2D eigenvalue weighted by Crippen LogP contribution is -2.36. The maximum atomic E-state index is 13.4. The summed E-state index contributed by atoms with van der Waals surface area (Å²) in [7, 11) is 0. The fraction of sp³-hybridized carbons (Fsp3) is 0.667. The molecule has 238 valence electrons. The average Bonchev–Trinajstić information content (AvgIpc) is 2.88. The van der Waals surface area contributed by atoms with Crippen molar-refractivity contribution in [3.05, 3.63) is 23.3 Å². The van der Waals surface area contributed by atoms with Crippen LogP contribution in [0.2, 0.25) is 0 Å². The van der Waals surface area contributed by atoms with E-state index in [-0.39, 0.29) is 50.4 Å². The Balaban J connectivity index is 3.67. The van der Waals surface area contributed by atoms with Crippen molar-refractivity contribution in [1.82, 2.24) is 0 Å². The van der Waals surface area contributed by atoms with Crippen LogP contribution in [0.5, 0.6) is 11.5 Å². The predicted octanol–water partition coefficient (Wildman–Crippen LogP) is 3.88. The average molecular weight is 599 g/mol. The summed E-state index contributed by atoms with van der Waals surface area (Å²) in [6.07, 6.45) is -3.57. The van der Waals surface area contributed by atoms with Crippen molar-refractivity contribution >= 4 is 23.9 Å². The molecule has 6 atom stereocenters. The summed E-state index contributed by atoms with van der Waals surface area (Å²) in [5, 5.41) is 22.2. The van der Waals surface area contributed by atoms with Gasteiger partial charge in [-0.25, -0.2) is 0 Å². The maximum absolute atomic E-state index is 13.4. The smallest absolute Gasteiger partial charge is 0.316 e. The van der Waals surface area contributed by atoms with Gasteiger partial charge in [0.2, 0.25) is 0 Å². The number of aromatic hydroxyl groups is 2. The van der Waals surface area contributed by atoms with Gasteiger partial charge in [0.25, 0.3) is 0 Å². The highest BCUT2D eigenvalue weighted by Gasteiger charge is 2.41. The minimum absolute atomic E-state index is 0.00152. The number of esters is 4. The van der Waals surface area contributed by atoms with E-state index < -0.39 is 71.6 Å². The van der Waals surface area contributed by atoms with Crippen LogP contribution in [-0.2, 0) is 47.6 Å². The number of carbonyl (C=O) groups is 4. The number of phenolic OH excluding ortho intramolecular Hbond substituents is 2. The largest absolute Gasteiger partial charge is 0.508 e.